The van der Waals surface area contributed by atoms with Crippen LogP contribution < -0.4 is 0 Å². The van der Waals surface area contributed by atoms with Gasteiger partial charge in [-0.05, 0) is 36.6 Å². The molecule has 2 aromatic rings. The molecule has 0 saturated carbocycles. The fourth-order valence-corrected chi connectivity index (χ4v) is 2.35. The molecule has 0 aliphatic heterocycles. The molecule has 114 valence electrons. The maximum atomic E-state index is 13.0. The van der Waals surface area contributed by atoms with E-state index in [-0.39, 0.29) is 11.6 Å². The first-order valence-electron chi connectivity index (χ1n) is 7.76. The second-order valence-electron chi connectivity index (χ2n) is 5.37. The number of ketones is 1. The van der Waals surface area contributed by atoms with Gasteiger partial charge in [0.2, 0.25) is 0 Å². The van der Waals surface area contributed by atoms with Crippen molar-refractivity contribution in [3.05, 3.63) is 77.1 Å². The topological polar surface area (TPSA) is 17.1 Å². The monoisotopic (exact) mass is 296 g/mol. The van der Waals surface area contributed by atoms with Crippen molar-refractivity contribution in [1.29, 1.82) is 0 Å². The summed E-state index contributed by atoms with van der Waals surface area (Å²) in [7, 11) is 0. The highest BCUT2D eigenvalue weighted by atomic mass is 19.1. The minimum Gasteiger partial charge on any atom is -0.289 e. The minimum absolute atomic E-state index is 0.0565. The van der Waals surface area contributed by atoms with E-state index in [4.69, 9.17) is 0 Å². The van der Waals surface area contributed by atoms with Gasteiger partial charge in [-0.1, -0.05) is 62.2 Å². The lowest BCUT2D eigenvalue weighted by molar-refractivity contribution is 0.103. The van der Waals surface area contributed by atoms with Gasteiger partial charge in [-0.2, -0.15) is 0 Å². The highest BCUT2D eigenvalue weighted by Gasteiger charge is 2.11. The van der Waals surface area contributed by atoms with E-state index in [9.17, 15) is 9.18 Å². The summed E-state index contributed by atoms with van der Waals surface area (Å²) in [6.07, 6.45) is 5.83. The molecule has 0 heterocycles. The predicted molar refractivity (Wildman–Crippen MR) is 89.3 cm³/mol. The van der Waals surface area contributed by atoms with Crippen molar-refractivity contribution >= 4 is 11.9 Å². The highest BCUT2D eigenvalue weighted by Crippen LogP contribution is 2.19. The molecule has 0 fully saturated rings. The SMILES string of the molecule is CCCCCC(=Cc1ccc(F)cc1)C(=O)c1ccccc1. The van der Waals surface area contributed by atoms with Crippen LogP contribution in [0.5, 0.6) is 0 Å². The lowest BCUT2D eigenvalue weighted by atomic mass is 9.96. The van der Waals surface area contributed by atoms with Gasteiger partial charge < -0.3 is 0 Å². The normalized spacial score (nSPS) is 11.5. The predicted octanol–water partition coefficient (Wildman–Crippen LogP) is 5.67. The van der Waals surface area contributed by atoms with E-state index in [0.29, 0.717) is 5.56 Å². The zero-order chi connectivity index (χ0) is 15.8. The van der Waals surface area contributed by atoms with Gasteiger partial charge in [0.15, 0.2) is 5.78 Å². The van der Waals surface area contributed by atoms with Crippen molar-refractivity contribution in [2.24, 2.45) is 0 Å². The van der Waals surface area contributed by atoms with E-state index in [1.165, 1.54) is 12.1 Å². The molecule has 0 N–H and O–H groups in total. The van der Waals surface area contributed by atoms with Crippen LogP contribution in [0, 0.1) is 5.82 Å². The van der Waals surface area contributed by atoms with E-state index >= 15 is 0 Å². The van der Waals surface area contributed by atoms with Crippen LogP contribution >= 0.6 is 0 Å². The Bertz CT molecular complexity index is 627. The third-order valence-corrected chi connectivity index (χ3v) is 3.59. The summed E-state index contributed by atoms with van der Waals surface area (Å²) in [6.45, 7) is 2.14. The Morgan fingerprint density at radius 2 is 1.68 bits per heavy atom. The highest BCUT2D eigenvalue weighted by molar-refractivity contribution is 6.11. The van der Waals surface area contributed by atoms with Gasteiger partial charge in [-0.3, -0.25) is 4.79 Å². The number of halogens is 1. The number of benzene rings is 2. The third-order valence-electron chi connectivity index (χ3n) is 3.59. The van der Waals surface area contributed by atoms with Crippen LogP contribution in [0.25, 0.3) is 6.08 Å². The van der Waals surface area contributed by atoms with Gasteiger partial charge in [0, 0.05) is 11.1 Å². The van der Waals surface area contributed by atoms with Crippen molar-refractivity contribution in [3.63, 3.8) is 0 Å². The number of carbonyl (C=O) groups is 1. The molecule has 2 heteroatoms. The van der Waals surface area contributed by atoms with E-state index < -0.39 is 0 Å². The largest absolute Gasteiger partial charge is 0.289 e. The van der Waals surface area contributed by atoms with Crippen LogP contribution in [0.2, 0.25) is 0 Å². The van der Waals surface area contributed by atoms with Gasteiger partial charge in [0.1, 0.15) is 5.82 Å². The number of unbranched alkanes of at least 4 members (excludes halogenated alkanes) is 2. The number of hydrogen-bond donors (Lipinski definition) is 0. The molecular formula is C20H21FO. The van der Waals surface area contributed by atoms with Crippen molar-refractivity contribution < 1.29 is 9.18 Å². The quantitative estimate of drug-likeness (QED) is 0.365. The van der Waals surface area contributed by atoms with Gasteiger partial charge in [0.25, 0.3) is 0 Å². The zero-order valence-electron chi connectivity index (χ0n) is 12.9. The molecule has 0 bridgehead atoms. The molecule has 0 radical (unpaired) electrons. The van der Waals surface area contributed by atoms with Crippen LogP contribution in [0.15, 0.2) is 60.2 Å². The van der Waals surface area contributed by atoms with Crippen LogP contribution in [0.1, 0.15) is 48.5 Å². The van der Waals surface area contributed by atoms with E-state index in [1.54, 1.807) is 12.1 Å². The molecule has 0 saturated heterocycles. The second kappa shape index (κ2) is 8.28. The first-order chi connectivity index (χ1) is 10.7. The molecule has 1 nitrogen and oxygen atoms in total. The maximum absolute atomic E-state index is 13.0. The van der Waals surface area contributed by atoms with Crippen molar-refractivity contribution in [3.8, 4) is 0 Å². The van der Waals surface area contributed by atoms with Crippen LogP contribution in [0.3, 0.4) is 0 Å². The van der Waals surface area contributed by atoms with Gasteiger partial charge in [0.05, 0.1) is 0 Å². The molecule has 0 aliphatic rings. The average Bonchev–Trinajstić information content (AvgIpc) is 2.56. The molecular weight excluding hydrogens is 275 g/mol. The number of rotatable bonds is 7. The van der Waals surface area contributed by atoms with Gasteiger partial charge >= 0.3 is 0 Å². The fraction of sp³-hybridized carbons (Fsp3) is 0.250. The molecule has 0 aromatic heterocycles. The summed E-state index contributed by atoms with van der Waals surface area (Å²) in [4.78, 5) is 12.7. The van der Waals surface area contributed by atoms with Crippen LogP contribution in [-0.4, -0.2) is 5.78 Å². The first kappa shape index (κ1) is 16.2. The molecule has 0 atom stereocenters. The average molecular weight is 296 g/mol. The van der Waals surface area contributed by atoms with Gasteiger partial charge in [-0.15, -0.1) is 0 Å². The summed E-state index contributed by atoms with van der Waals surface area (Å²) in [5.74, 6) is -0.208. The summed E-state index contributed by atoms with van der Waals surface area (Å²) >= 11 is 0. The van der Waals surface area contributed by atoms with E-state index in [1.807, 2.05) is 36.4 Å². The number of Topliss-reactive ketones (excluding diaryl/α,β-unsaturated/α-hetero) is 1. The third kappa shape index (κ3) is 4.66. The van der Waals surface area contributed by atoms with Crippen molar-refractivity contribution in [2.75, 3.05) is 0 Å². The summed E-state index contributed by atoms with van der Waals surface area (Å²) in [5, 5.41) is 0. The van der Waals surface area contributed by atoms with E-state index in [2.05, 4.69) is 6.92 Å². The second-order valence-corrected chi connectivity index (χ2v) is 5.37. The minimum atomic E-state index is -0.265. The van der Waals surface area contributed by atoms with Crippen molar-refractivity contribution in [1.82, 2.24) is 0 Å². The molecule has 0 amide bonds. The van der Waals surface area contributed by atoms with E-state index in [0.717, 1.165) is 36.8 Å². The van der Waals surface area contributed by atoms with Crippen LogP contribution in [-0.2, 0) is 0 Å². The maximum Gasteiger partial charge on any atom is 0.189 e. The molecule has 2 rings (SSSR count). The standard InChI is InChI=1S/C20H21FO/c1-2-3-5-10-18(15-16-11-13-19(21)14-12-16)20(22)17-8-6-4-7-9-17/h4,6-9,11-15H,2-3,5,10H2,1H3. The number of allylic oxidation sites excluding steroid dienone is 1. The lowest BCUT2D eigenvalue weighted by Crippen LogP contribution is -2.03. The molecule has 0 aliphatic carbocycles. The Hall–Kier alpha value is -2.22. The Kier molecular flexibility index (Phi) is 6.08. The molecule has 0 unspecified atom stereocenters. The van der Waals surface area contributed by atoms with Gasteiger partial charge in [-0.25, -0.2) is 4.39 Å². The zero-order valence-corrected chi connectivity index (χ0v) is 12.9. The lowest BCUT2D eigenvalue weighted by Gasteiger charge is -2.07. The Morgan fingerprint density at radius 1 is 1.00 bits per heavy atom. The molecule has 2 aromatic carbocycles. The Balaban J connectivity index is 2.25. The number of carbonyl (C=O) groups excluding carboxylic acids is 1. The smallest absolute Gasteiger partial charge is 0.189 e. The van der Waals surface area contributed by atoms with Crippen LogP contribution in [0.4, 0.5) is 4.39 Å². The molecule has 0 spiro atoms. The summed E-state index contributed by atoms with van der Waals surface area (Å²) in [6, 6.07) is 15.5. The Labute approximate surface area is 131 Å². The fourth-order valence-electron chi connectivity index (χ4n) is 2.35. The molecule has 22 heavy (non-hydrogen) atoms. The first-order valence-corrected chi connectivity index (χ1v) is 7.76. The number of hydrogen-bond acceptors (Lipinski definition) is 1. The summed E-state index contributed by atoms with van der Waals surface area (Å²) in [5.41, 5.74) is 2.34. The Morgan fingerprint density at radius 3 is 2.32 bits per heavy atom. The summed E-state index contributed by atoms with van der Waals surface area (Å²) < 4.78 is 13.0. The van der Waals surface area contributed by atoms with Crippen molar-refractivity contribution in [2.45, 2.75) is 32.6 Å².